The summed E-state index contributed by atoms with van der Waals surface area (Å²) in [6, 6.07) is 0.511. The number of nitrogens with one attached hydrogen (secondary N) is 1. The Balaban J connectivity index is 1.97. The smallest absolute Gasteiger partial charge is 0.327 e. The second-order valence-electron chi connectivity index (χ2n) is 6.45. The molecule has 0 aromatic heterocycles. The van der Waals surface area contributed by atoms with Crippen molar-refractivity contribution in [3.8, 4) is 0 Å². The van der Waals surface area contributed by atoms with E-state index in [1.165, 1.54) is 25.7 Å². The molecule has 4 heteroatoms. The van der Waals surface area contributed by atoms with Crippen molar-refractivity contribution in [2.75, 3.05) is 26.2 Å². The molecule has 110 valence electrons. The van der Waals surface area contributed by atoms with Gasteiger partial charge in [-0.15, -0.1) is 0 Å². The lowest BCUT2D eigenvalue weighted by molar-refractivity contribution is -0.151. The van der Waals surface area contributed by atoms with Gasteiger partial charge in [-0.3, -0.25) is 10.1 Å². The number of hydrogen-bond acceptors (Lipinski definition) is 4. The lowest BCUT2D eigenvalue weighted by Crippen LogP contribution is -2.59. The number of carbonyl (C=O) groups excluding carboxylic acids is 1. The first kappa shape index (κ1) is 14.8. The molecule has 1 saturated carbocycles. The SMILES string of the molecule is CCOC(=O)C(C)(CN1CCCC(C)C1)NC1CC1. The summed E-state index contributed by atoms with van der Waals surface area (Å²) in [6.45, 7) is 9.60. The summed E-state index contributed by atoms with van der Waals surface area (Å²) < 4.78 is 5.28. The molecule has 0 spiro atoms. The molecule has 0 bridgehead atoms. The summed E-state index contributed by atoms with van der Waals surface area (Å²) in [5, 5.41) is 3.50. The molecular weight excluding hydrogens is 240 g/mol. The van der Waals surface area contributed by atoms with Crippen LogP contribution in [-0.4, -0.2) is 48.7 Å². The zero-order chi connectivity index (χ0) is 13.9. The topological polar surface area (TPSA) is 41.6 Å². The molecule has 4 nitrogen and oxygen atoms in total. The van der Waals surface area contributed by atoms with Gasteiger partial charge < -0.3 is 9.64 Å². The van der Waals surface area contributed by atoms with E-state index < -0.39 is 5.54 Å². The Hall–Kier alpha value is -0.610. The number of ether oxygens (including phenoxy) is 1. The van der Waals surface area contributed by atoms with Gasteiger partial charge in [0, 0.05) is 19.1 Å². The molecule has 1 aliphatic heterocycles. The molecule has 0 aromatic rings. The third kappa shape index (κ3) is 4.18. The number of rotatable bonds is 6. The largest absolute Gasteiger partial charge is 0.465 e. The van der Waals surface area contributed by atoms with E-state index in [2.05, 4.69) is 17.1 Å². The van der Waals surface area contributed by atoms with Gasteiger partial charge in [0.15, 0.2) is 0 Å². The van der Waals surface area contributed by atoms with Crippen LogP contribution in [0.5, 0.6) is 0 Å². The number of carbonyl (C=O) groups is 1. The van der Waals surface area contributed by atoms with Crippen molar-refractivity contribution in [2.24, 2.45) is 5.92 Å². The van der Waals surface area contributed by atoms with E-state index >= 15 is 0 Å². The fourth-order valence-electron chi connectivity index (χ4n) is 3.02. The van der Waals surface area contributed by atoms with Crippen LogP contribution in [0.25, 0.3) is 0 Å². The van der Waals surface area contributed by atoms with Crippen molar-refractivity contribution in [3.05, 3.63) is 0 Å². The Morgan fingerprint density at radius 3 is 2.74 bits per heavy atom. The number of piperidine rings is 1. The molecule has 1 aliphatic carbocycles. The fraction of sp³-hybridized carbons (Fsp3) is 0.933. The molecule has 2 unspecified atom stereocenters. The van der Waals surface area contributed by atoms with Gasteiger partial charge in [-0.1, -0.05) is 6.92 Å². The number of likely N-dealkylation sites (tertiary alicyclic amines) is 1. The van der Waals surface area contributed by atoms with Crippen LogP contribution in [-0.2, 0) is 9.53 Å². The van der Waals surface area contributed by atoms with Gasteiger partial charge in [0.25, 0.3) is 0 Å². The summed E-state index contributed by atoms with van der Waals surface area (Å²) in [5.41, 5.74) is -0.547. The quantitative estimate of drug-likeness (QED) is 0.746. The summed E-state index contributed by atoms with van der Waals surface area (Å²) >= 11 is 0. The van der Waals surface area contributed by atoms with E-state index in [-0.39, 0.29) is 5.97 Å². The lowest BCUT2D eigenvalue weighted by atomic mass is 9.96. The minimum Gasteiger partial charge on any atom is -0.465 e. The van der Waals surface area contributed by atoms with Gasteiger partial charge in [-0.2, -0.15) is 0 Å². The van der Waals surface area contributed by atoms with Crippen molar-refractivity contribution >= 4 is 5.97 Å². The highest BCUT2D eigenvalue weighted by Crippen LogP contribution is 2.25. The van der Waals surface area contributed by atoms with E-state index in [1.807, 2.05) is 13.8 Å². The molecule has 2 rings (SSSR count). The van der Waals surface area contributed by atoms with Crippen molar-refractivity contribution in [1.82, 2.24) is 10.2 Å². The highest BCUT2D eigenvalue weighted by Gasteiger charge is 2.41. The number of nitrogens with zero attached hydrogens (tertiary/aromatic N) is 1. The average Bonchev–Trinajstić information content (AvgIpc) is 3.13. The van der Waals surface area contributed by atoms with Crippen molar-refractivity contribution in [2.45, 2.75) is 58.0 Å². The van der Waals surface area contributed by atoms with Crippen molar-refractivity contribution in [1.29, 1.82) is 0 Å². The molecule has 1 heterocycles. The molecule has 2 aliphatic rings. The third-order valence-corrected chi connectivity index (χ3v) is 4.11. The van der Waals surface area contributed by atoms with Crippen LogP contribution < -0.4 is 5.32 Å². The monoisotopic (exact) mass is 268 g/mol. The lowest BCUT2D eigenvalue weighted by Gasteiger charge is -2.38. The zero-order valence-electron chi connectivity index (χ0n) is 12.6. The van der Waals surface area contributed by atoms with Crippen LogP contribution >= 0.6 is 0 Å². The van der Waals surface area contributed by atoms with Crippen molar-refractivity contribution < 1.29 is 9.53 Å². The fourth-order valence-corrected chi connectivity index (χ4v) is 3.02. The van der Waals surface area contributed by atoms with E-state index in [4.69, 9.17) is 4.74 Å². The highest BCUT2D eigenvalue weighted by atomic mass is 16.5. The van der Waals surface area contributed by atoms with E-state index in [9.17, 15) is 4.79 Å². The molecule has 2 fully saturated rings. The Morgan fingerprint density at radius 2 is 2.16 bits per heavy atom. The molecule has 0 radical (unpaired) electrons. The first-order valence-electron chi connectivity index (χ1n) is 7.71. The van der Waals surface area contributed by atoms with Crippen LogP contribution in [0.2, 0.25) is 0 Å². The molecule has 2 atom stereocenters. The predicted octanol–water partition coefficient (Wildman–Crippen LogP) is 1.79. The molecule has 0 amide bonds. The van der Waals surface area contributed by atoms with E-state index in [0.29, 0.717) is 12.6 Å². The Kier molecular flexibility index (Phi) is 4.85. The minimum absolute atomic E-state index is 0.0971. The maximum atomic E-state index is 12.3. The summed E-state index contributed by atoms with van der Waals surface area (Å²) in [6.07, 6.45) is 4.92. The van der Waals surface area contributed by atoms with Crippen LogP contribution in [0.1, 0.15) is 46.5 Å². The molecule has 0 aromatic carbocycles. The van der Waals surface area contributed by atoms with Gasteiger partial charge in [-0.25, -0.2) is 0 Å². The second-order valence-corrected chi connectivity index (χ2v) is 6.45. The third-order valence-electron chi connectivity index (χ3n) is 4.11. The highest BCUT2D eigenvalue weighted by molar-refractivity contribution is 5.80. The van der Waals surface area contributed by atoms with Gasteiger partial charge in [-0.05, 0) is 52.0 Å². The molecular formula is C15H28N2O2. The maximum absolute atomic E-state index is 12.3. The second kappa shape index (κ2) is 6.23. The van der Waals surface area contributed by atoms with Gasteiger partial charge in [0.05, 0.1) is 6.61 Å². The number of esters is 1. The summed E-state index contributed by atoms with van der Waals surface area (Å²) in [7, 11) is 0. The van der Waals surface area contributed by atoms with Gasteiger partial charge in [0.1, 0.15) is 5.54 Å². The maximum Gasteiger partial charge on any atom is 0.327 e. The van der Waals surface area contributed by atoms with Crippen LogP contribution in [0.3, 0.4) is 0 Å². The van der Waals surface area contributed by atoms with Gasteiger partial charge in [0.2, 0.25) is 0 Å². The summed E-state index contributed by atoms with van der Waals surface area (Å²) in [5.74, 6) is 0.640. The summed E-state index contributed by atoms with van der Waals surface area (Å²) in [4.78, 5) is 14.7. The van der Waals surface area contributed by atoms with Crippen LogP contribution in [0.4, 0.5) is 0 Å². The van der Waals surface area contributed by atoms with Crippen molar-refractivity contribution in [3.63, 3.8) is 0 Å². The predicted molar refractivity (Wildman–Crippen MR) is 76.0 cm³/mol. The van der Waals surface area contributed by atoms with Crippen LogP contribution in [0.15, 0.2) is 0 Å². The molecule has 1 saturated heterocycles. The first-order valence-corrected chi connectivity index (χ1v) is 7.71. The molecule has 19 heavy (non-hydrogen) atoms. The zero-order valence-corrected chi connectivity index (χ0v) is 12.6. The Morgan fingerprint density at radius 1 is 1.42 bits per heavy atom. The normalized spacial score (nSPS) is 27.8. The average molecular weight is 268 g/mol. The molecule has 1 N–H and O–H groups in total. The number of hydrogen-bond donors (Lipinski definition) is 1. The standard InChI is InChI=1S/C15H28N2O2/c1-4-19-14(18)15(3,16-13-7-8-13)11-17-9-5-6-12(2)10-17/h12-13,16H,4-11H2,1-3H3. The van der Waals surface area contributed by atoms with Gasteiger partial charge >= 0.3 is 5.97 Å². The first-order chi connectivity index (χ1) is 9.03. The Bertz CT molecular complexity index is 317. The van der Waals surface area contributed by atoms with E-state index in [1.54, 1.807) is 0 Å². The minimum atomic E-state index is -0.547. The Labute approximate surface area is 116 Å². The van der Waals surface area contributed by atoms with E-state index in [0.717, 1.165) is 25.6 Å². The van der Waals surface area contributed by atoms with Crippen LogP contribution in [0, 0.1) is 5.92 Å².